The van der Waals surface area contributed by atoms with E-state index in [1.54, 1.807) is 25.7 Å². The average molecular weight is 357 g/mol. The van der Waals surface area contributed by atoms with Gasteiger partial charge in [0.2, 0.25) is 0 Å². The predicted octanol–water partition coefficient (Wildman–Crippen LogP) is 1.91. The van der Waals surface area contributed by atoms with E-state index in [0.717, 1.165) is 12.0 Å². The van der Waals surface area contributed by atoms with Crippen molar-refractivity contribution in [1.29, 1.82) is 0 Å². The van der Waals surface area contributed by atoms with E-state index in [9.17, 15) is 14.7 Å². The Morgan fingerprint density at radius 1 is 1.35 bits per heavy atom. The highest BCUT2D eigenvalue weighted by molar-refractivity contribution is 6.07. The second kappa shape index (κ2) is 6.83. The van der Waals surface area contributed by atoms with Crippen molar-refractivity contribution in [3.63, 3.8) is 0 Å². The normalized spacial score (nSPS) is 19.5. The van der Waals surface area contributed by atoms with Gasteiger partial charge in [0.25, 0.3) is 11.8 Å². The smallest absolute Gasteiger partial charge is 0.253 e. The van der Waals surface area contributed by atoms with Crippen molar-refractivity contribution in [3.8, 4) is 0 Å². The highest BCUT2D eigenvalue weighted by Gasteiger charge is 2.45. The molecule has 140 valence electrons. The van der Waals surface area contributed by atoms with Crippen LogP contribution in [0.4, 0.5) is 0 Å². The SMILES string of the molecule is CC1=NC2(CCN(C(=O)c3cccc(CCC(C)(C)O)c3)CC2)C(=O)N1. The molecule has 3 rings (SSSR count). The molecule has 0 aromatic heterocycles. The lowest BCUT2D eigenvalue weighted by atomic mass is 9.87. The van der Waals surface area contributed by atoms with Crippen LogP contribution < -0.4 is 5.32 Å². The highest BCUT2D eigenvalue weighted by Crippen LogP contribution is 2.30. The van der Waals surface area contributed by atoms with Gasteiger partial charge in [-0.2, -0.15) is 0 Å². The van der Waals surface area contributed by atoms with Crippen LogP contribution in [0.2, 0.25) is 0 Å². The van der Waals surface area contributed by atoms with Crippen molar-refractivity contribution in [2.24, 2.45) is 4.99 Å². The number of carbonyl (C=O) groups excluding carboxylic acids is 2. The minimum Gasteiger partial charge on any atom is -0.390 e. The molecule has 1 spiro atoms. The Balaban J connectivity index is 1.65. The molecule has 1 aromatic rings. The molecule has 1 fully saturated rings. The third kappa shape index (κ3) is 3.96. The summed E-state index contributed by atoms with van der Waals surface area (Å²) in [6.45, 7) is 6.42. The third-order valence-electron chi connectivity index (χ3n) is 5.18. The zero-order valence-corrected chi connectivity index (χ0v) is 15.7. The van der Waals surface area contributed by atoms with E-state index in [2.05, 4.69) is 10.3 Å². The molecule has 0 unspecified atom stereocenters. The van der Waals surface area contributed by atoms with Crippen molar-refractivity contribution in [2.45, 2.75) is 57.6 Å². The monoisotopic (exact) mass is 357 g/mol. The first-order valence-electron chi connectivity index (χ1n) is 9.17. The molecule has 6 nitrogen and oxygen atoms in total. The summed E-state index contributed by atoms with van der Waals surface area (Å²) in [4.78, 5) is 31.3. The molecule has 26 heavy (non-hydrogen) atoms. The second-order valence-corrected chi connectivity index (χ2v) is 7.99. The van der Waals surface area contributed by atoms with E-state index >= 15 is 0 Å². The number of hydrogen-bond donors (Lipinski definition) is 2. The number of rotatable bonds is 4. The molecule has 0 atom stereocenters. The molecule has 1 aromatic carbocycles. The number of amidine groups is 1. The van der Waals surface area contributed by atoms with Crippen molar-refractivity contribution in [3.05, 3.63) is 35.4 Å². The maximum absolute atomic E-state index is 12.8. The molecule has 0 radical (unpaired) electrons. The average Bonchev–Trinajstić information content (AvgIpc) is 2.86. The summed E-state index contributed by atoms with van der Waals surface area (Å²) in [6, 6.07) is 7.60. The fourth-order valence-corrected chi connectivity index (χ4v) is 3.59. The van der Waals surface area contributed by atoms with E-state index < -0.39 is 11.1 Å². The molecule has 2 amide bonds. The molecule has 0 aliphatic carbocycles. The molecule has 6 heteroatoms. The first-order valence-corrected chi connectivity index (χ1v) is 9.17. The van der Waals surface area contributed by atoms with Crippen molar-refractivity contribution in [1.82, 2.24) is 10.2 Å². The Morgan fingerprint density at radius 3 is 2.62 bits per heavy atom. The number of nitrogens with one attached hydrogen (secondary N) is 1. The van der Waals surface area contributed by atoms with E-state index in [0.29, 0.717) is 43.8 Å². The number of piperidine rings is 1. The zero-order chi connectivity index (χ0) is 18.9. The van der Waals surface area contributed by atoms with Crippen molar-refractivity contribution in [2.75, 3.05) is 13.1 Å². The fourth-order valence-electron chi connectivity index (χ4n) is 3.59. The van der Waals surface area contributed by atoms with Gasteiger partial charge in [0.1, 0.15) is 11.4 Å². The number of nitrogens with zero attached hydrogens (tertiary/aromatic N) is 2. The Morgan fingerprint density at radius 2 is 2.04 bits per heavy atom. The van der Waals surface area contributed by atoms with Crippen LogP contribution in [0.3, 0.4) is 0 Å². The van der Waals surface area contributed by atoms with Gasteiger partial charge in [0.05, 0.1) is 5.60 Å². The van der Waals surface area contributed by atoms with Gasteiger partial charge in [-0.25, -0.2) is 0 Å². The van der Waals surface area contributed by atoms with Gasteiger partial charge in [0, 0.05) is 18.7 Å². The Labute approximate surface area is 154 Å². The van der Waals surface area contributed by atoms with Gasteiger partial charge in [-0.15, -0.1) is 0 Å². The summed E-state index contributed by atoms with van der Waals surface area (Å²) in [5.41, 5.74) is 0.295. The van der Waals surface area contributed by atoms with Gasteiger partial charge < -0.3 is 15.3 Å². The van der Waals surface area contributed by atoms with Crippen LogP contribution >= 0.6 is 0 Å². The van der Waals surface area contributed by atoms with Gasteiger partial charge >= 0.3 is 0 Å². The third-order valence-corrected chi connectivity index (χ3v) is 5.18. The van der Waals surface area contributed by atoms with Gasteiger partial charge in [-0.3, -0.25) is 14.6 Å². The van der Waals surface area contributed by atoms with E-state index in [4.69, 9.17) is 0 Å². The number of likely N-dealkylation sites (tertiary alicyclic amines) is 1. The van der Waals surface area contributed by atoms with Crippen LogP contribution in [-0.4, -0.2) is 51.9 Å². The van der Waals surface area contributed by atoms with Crippen LogP contribution in [0.5, 0.6) is 0 Å². The van der Waals surface area contributed by atoms with Crippen LogP contribution in [0.15, 0.2) is 29.3 Å². The quantitative estimate of drug-likeness (QED) is 0.864. The maximum atomic E-state index is 12.8. The zero-order valence-electron chi connectivity index (χ0n) is 15.7. The maximum Gasteiger partial charge on any atom is 0.253 e. The number of carbonyl (C=O) groups is 2. The highest BCUT2D eigenvalue weighted by atomic mass is 16.3. The van der Waals surface area contributed by atoms with Crippen LogP contribution in [0.1, 0.15) is 56.0 Å². The molecule has 2 aliphatic heterocycles. The standard InChI is InChI=1S/C20H27N3O3/c1-14-21-18(25)20(22-14)9-11-23(12-10-20)17(24)16-6-4-5-15(13-16)7-8-19(2,3)26/h4-6,13,26H,7-12H2,1-3H3,(H,21,22,25). The van der Waals surface area contributed by atoms with Crippen LogP contribution in [-0.2, 0) is 11.2 Å². The lowest BCUT2D eigenvalue weighted by Gasteiger charge is -2.35. The van der Waals surface area contributed by atoms with Crippen LogP contribution in [0.25, 0.3) is 0 Å². The van der Waals surface area contributed by atoms with E-state index in [-0.39, 0.29) is 11.8 Å². The lowest BCUT2D eigenvalue weighted by Crippen LogP contribution is -2.50. The first-order chi connectivity index (χ1) is 12.2. The molecular formula is C20H27N3O3. The molecule has 2 aliphatic rings. The molecule has 0 bridgehead atoms. The predicted molar refractivity (Wildman–Crippen MR) is 100 cm³/mol. The molecule has 2 N–H and O–H groups in total. The molecule has 0 saturated carbocycles. The van der Waals surface area contributed by atoms with Crippen molar-refractivity contribution < 1.29 is 14.7 Å². The van der Waals surface area contributed by atoms with Gasteiger partial charge in [0.15, 0.2) is 0 Å². The summed E-state index contributed by atoms with van der Waals surface area (Å²) < 4.78 is 0. The summed E-state index contributed by atoms with van der Waals surface area (Å²) >= 11 is 0. The molecule has 1 saturated heterocycles. The fraction of sp³-hybridized carbons (Fsp3) is 0.550. The lowest BCUT2D eigenvalue weighted by molar-refractivity contribution is -0.125. The number of hydrogen-bond acceptors (Lipinski definition) is 4. The summed E-state index contributed by atoms with van der Waals surface area (Å²) in [5.74, 6) is 0.606. The minimum absolute atomic E-state index is 0.0101. The van der Waals surface area contributed by atoms with Gasteiger partial charge in [-0.05, 0) is 64.2 Å². The Bertz CT molecular complexity index is 741. The summed E-state index contributed by atoms with van der Waals surface area (Å²) in [5, 5.41) is 12.7. The topological polar surface area (TPSA) is 82.0 Å². The number of aliphatic hydroxyl groups is 1. The van der Waals surface area contributed by atoms with Crippen molar-refractivity contribution >= 4 is 17.6 Å². The van der Waals surface area contributed by atoms with Crippen LogP contribution in [0, 0.1) is 0 Å². The molecule has 2 heterocycles. The Hall–Kier alpha value is -2.21. The largest absolute Gasteiger partial charge is 0.390 e. The first kappa shape index (κ1) is 18.6. The summed E-state index contributed by atoms with van der Waals surface area (Å²) in [6.07, 6.45) is 2.48. The van der Waals surface area contributed by atoms with E-state index in [1.165, 1.54) is 0 Å². The number of aryl methyl sites for hydroxylation is 1. The minimum atomic E-state index is -0.721. The summed E-state index contributed by atoms with van der Waals surface area (Å²) in [7, 11) is 0. The number of aliphatic imine (C=N–C) groups is 1. The van der Waals surface area contributed by atoms with Gasteiger partial charge in [-0.1, -0.05) is 12.1 Å². The molecular weight excluding hydrogens is 330 g/mol. The second-order valence-electron chi connectivity index (χ2n) is 7.99. The van der Waals surface area contributed by atoms with E-state index in [1.807, 2.05) is 24.3 Å². The number of amides is 2. The number of benzene rings is 1. The Kier molecular flexibility index (Phi) is 4.88.